The average molecular weight is 466 g/mol. The van der Waals surface area contributed by atoms with Crippen LogP contribution < -0.4 is 0 Å². The second kappa shape index (κ2) is 9.57. The number of carboxylic acid groups (broad SMARTS) is 1. The molecule has 1 aliphatic rings. The van der Waals surface area contributed by atoms with E-state index in [1.54, 1.807) is 17.2 Å². The van der Waals surface area contributed by atoms with Crippen LogP contribution in [0.2, 0.25) is 0 Å². The van der Waals surface area contributed by atoms with Crippen LogP contribution in [0.4, 0.5) is 17.6 Å². The van der Waals surface area contributed by atoms with Crippen LogP contribution in [0.15, 0.2) is 42.7 Å². The molecule has 1 aromatic carbocycles. The molecule has 7 nitrogen and oxygen atoms in total. The van der Waals surface area contributed by atoms with E-state index >= 15 is 0 Å². The molecule has 2 aromatic heterocycles. The summed E-state index contributed by atoms with van der Waals surface area (Å²) in [6.45, 7) is 2.10. The highest BCUT2D eigenvalue weighted by Crippen LogP contribution is 2.23. The zero-order valence-corrected chi connectivity index (χ0v) is 17.9. The van der Waals surface area contributed by atoms with E-state index in [9.17, 15) is 22.4 Å². The Morgan fingerprint density at radius 3 is 2.52 bits per heavy atom. The average Bonchev–Trinajstić information content (AvgIpc) is 3.17. The quantitative estimate of drug-likeness (QED) is 0.599. The maximum absolute atomic E-state index is 13.8. The molecule has 1 amide bonds. The van der Waals surface area contributed by atoms with E-state index in [1.807, 2.05) is 0 Å². The number of amides is 1. The molecule has 0 atom stereocenters. The summed E-state index contributed by atoms with van der Waals surface area (Å²) in [5.74, 6) is -3.05. The van der Waals surface area contributed by atoms with Crippen molar-refractivity contribution in [2.75, 3.05) is 20.6 Å². The molecular weight excluding hydrogens is 444 g/mol. The third-order valence-corrected chi connectivity index (χ3v) is 5.02. The number of pyridine rings is 1. The van der Waals surface area contributed by atoms with Crippen LogP contribution in [0, 0.1) is 5.82 Å². The van der Waals surface area contributed by atoms with Crippen molar-refractivity contribution < 1.29 is 32.3 Å². The fourth-order valence-corrected chi connectivity index (χ4v) is 3.53. The summed E-state index contributed by atoms with van der Waals surface area (Å²) in [5.41, 5.74) is 4.07. The summed E-state index contributed by atoms with van der Waals surface area (Å²) in [6.07, 6.45) is -1.18. The van der Waals surface area contributed by atoms with Gasteiger partial charge in [0.15, 0.2) is 0 Å². The van der Waals surface area contributed by atoms with E-state index in [0.717, 1.165) is 13.0 Å². The van der Waals surface area contributed by atoms with Crippen LogP contribution in [-0.4, -0.2) is 63.0 Å². The van der Waals surface area contributed by atoms with Crippen molar-refractivity contribution in [3.05, 3.63) is 71.1 Å². The summed E-state index contributed by atoms with van der Waals surface area (Å²) in [5, 5.41) is 7.12. The number of rotatable bonds is 3. The molecule has 0 unspecified atom stereocenters. The topological polar surface area (TPSA) is 78.1 Å². The Morgan fingerprint density at radius 1 is 1.18 bits per heavy atom. The third-order valence-electron chi connectivity index (χ3n) is 5.02. The fraction of sp³-hybridized carbons (Fsp3) is 0.318. The molecule has 176 valence electrons. The molecule has 0 spiro atoms. The maximum Gasteiger partial charge on any atom is 0.490 e. The number of carboxylic acids is 1. The first kappa shape index (κ1) is 24.2. The van der Waals surface area contributed by atoms with Crippen LogP contribution in [0.25, 0.3) is 5.52 Å². The first-order chi connectivity index (χ1) is 15.5. The van der Waals surface area contributed by atoms with Gasteiger partial charge in [-0.15, -0.1) is 0 Å². The Bertz CT molecular complexity index is 1170. The molecular formula is C22H22F4N4O3. The number of hydrogen-bond acceptors (Lipinski definition) is 4. The van der Waals surface area contributed by atoms with Crippen LogP contribution in [0.1, 0.15) is 27.3 Å². The molecule has 0 aliphatic carbocycles. The molecule has 0 bridgehead atoms. The number of imidazole rings is 1. The van der Waals surface area contributed by atoms with Crippen molar-refractivity contribution >= 4 is 17.4 Å². The second-order valence-corrected chi connectivity index (χ2v) is 7.81. The highest BCUT2D eigenvalue weighted by atomic mass is 19.4. The van der Waals surface area contributed by atoms with Gasteiger partial charge in [-0.2, -0.15) is 13.2 Å². The first-order valence-corrected chi connectivity index (χ1v) is 9.93. The number of nitrogens with zero attached hydrogens (tertiary/aromatic N) is 4. The molecule has 3 aromatic rings. The fourth-order valence-electron chi connectivity index (χ4n) is 3.53. The van der Waals surface area contributed by atoms with E-state index in [4.69, 9.17) is 9.90 Å². The molecule has 33 heavy (non-hydrogen) atoms. The van der Waals surface area contributed by atoms with Gasteiger partial charge in [-0.25, -0.2) is 14.2 Å². The van der Waals surface area contributed by atoms with Crippen molar-refractivity contribution in [3.8, 4) is 0 Å². The standard InChI is InChI=1S/C20H21FN4O.C2HF3O2/c1-23(2)12-14-5-6-16-13-24(9-7-15(16)10-14)20(26)19-22-11-18-17(21)4-3-8-25(18)19;3-2(4,5)1(6)7/h3-6,8,10-11H,7,9,12-13H2,1-2H3;(H,6,7). The summed E-state index contributed by atoms with van der Waals surface area (Å²) in [7, 11) is 4.11. The number of benzene rings is 1. The number of halogens is 4. The Labute approximate surface area is 186 Å². The van der Waals surface area contributed by atoms with E-state index in [0.29, 0.717) is 18.6 Å². The number of aromatic nitrogens is 2. The lowest BCUT2D eigenvalue weighted by Crippen LogP contribution is -2.37. The second-order valence-electron chi connectivity index (χ2n) is 7.81. The van der Waals surface area contributed by atoms with Crippen molar-refractivity contribution in [2.45, 2.75) is 25.7 Å². The zero-order valence-electron chi connectivity index (χ0n) is 17.9. The Balaban J connectivity index is 0.000000383. The van der Waals surface area contributed by atoms with Gasteiger partial charge in [-0.05, 0) is 49.3 Å². The lowest BCUT2D eigenvalue weighted by Gasteiger charge is -2.29. The van der Waals surface area contributed by atoms with E-state index in [1.165, 1.54) is 33.4 Å². The summed E-state index contributed by atoms with van der Waals surface area (Å²) in [6, 6.07) is 9.41. The predicted molar refractivity (Wildman–Crippen MR) is 111 cm³/mol. The molecule has 0 fully saturated rings. The summed E-state index contributed by atoms with van der Waals surface area (Å²) < 4.78 is 47.1. The number of fused-ring (bicyclic) bond motifs is 2. The molecule has 11 heteroatoms. The number of alkyl halides is 3. The lowest BCUT2D eigenvalue weighted by atomic mass is 9.97. The normalized spacial score (nSPS) is 13.5. The van der Waals surface area contributed by atoms with Crippen molar-refractivity contribution in [1.82, 2.24) is 19.2 Å². The predicted octanol–water partition coefficient (Wildman–Crippen LogP) is 3.37. The molecule has 4 rings (SSSR count). The largest absolute Gasteiger partial charge is 0.490 e. The van der Waals surface area contributed by atoms with E-state index < -0.39 is 12.1 Å². The van der Waals surface area contributed by atoms with Gasteiger partial charge in [-0.3, -0.25) is 9.20 Å². The van der Waals surface area contributed by atoms with Gasteiger partial charge in [-0.1, -0.05) is 18.2 Å². The van der Waals surface area contributed by atoms with Crippen LogP contribution in [0.5, 0.6) is 0 Å². The van der Waals surface area contributed by atoms with Crippen LogP contribution >= 0.6 is 0 Å². The molecule has 1 aliphatic heterocycles. The van der Waals surface area contributed by atoms with Gasteiger partial charge in [0.1, 0.15) is 11.3 Å². The minimum atomic E-state index is -5.08. The molecule has 0 saturated carbocycles. The van der Waals surface area contributed by atoms with Crippen molar-refractivity contribution in [1.29, 1.82) is 0 Å². The Morgan fingerprint density at radius 2 is 1.88 bits per heavy atom. The number of hydrogen-bond donors (Lipinski definition) is 1. The SMILES string of the molecule is CN(C)Cc1ccc2c(c1)CCN(C(=O)c1ncc3c(F)cccn13)C2.O=C(O)C(F)(F)F. The lowest BCUT2D eigenvalue weighted by molar-refractivity contribution is -0.192. The van der Waals surface area contributed by atoms with Gasteiger partial charge >= 0.3 is 12.1 Å². The van der Waals surface area contributed by atoms with Crippen molar-refractivity contribution in [3.63, 3.8) is 0 Å². The van der Waals surface area contributed by atoms with Gasteiger partial charge in [0.25, 0.3) is 5.91 Å². The maximum atomic E-state index is 13.8. The van der Waals surface area contributed by atoms with Crippen LogP contribution in [0.3, 0.4) is 0 Å². The molecule has 0 radical (unpaired) electrons. The Hall–Kier alpha value is -3.47. The zero-order chi connectivity index (χ0) is 24.3. The summed E-state index contributed by atoms with van der Waals surface area (Å²) >= 11 is 0. The minimum Gasteiger partial charge on any atom is -0.475 e. The van der Waals surface area contributed by atoms with E-state index in [-0.39, 0.29) is 17.5 Å². The van der Waals surface area contributed by atoms with Gasteiger partial charge in [0, 0.05) is 25.8 Å². The molecule has 1 N–H and O–H groups in total. The van der Waals surface area contributed by atoms with E-state index in [2.05, 4.69) is 42.2 Å². The van der Waals surface area contributed by atoms with Gasteiger partial charge in [0.2, 0.25) is 5.82 Å². The number of aliphatic carboxylic acids is 1. The van der Waals surface area contributed by atoms with Crippen LogP contribution in [-0.2, 0) is 24.3 Å². The minimum absolute atomic E-state index is 0.168. The first-order valence-electron chi connectivity index (χ1n) is 9.93. The third kappa shape index (κ3) is 5.67. The molecule has 3 heterocycles. The molecule has 0 saturated heterocycles. The highest BCUT2D eigenvalue weighted by molar-refractivity contribution is 5.92. The summed E-state index contributed by atoms with van der Waals surface area (Å²) in [4.78, 5) is 29.9. The van der Waals surface area contributed by atoms with Gasteiger partial charge < -0.3 is 14.9 Å². The highest BCUT2D eigenvalue weighted by Gasteiger charge is 2.38. The number of carbonyl (C=O) groups excluding carboxylic acids is 1. The number of carbonyl (C=O) groups is 2. The van der Waals surface area contributed by atoms with Crippen molar-refractivity contribution in [2.24, 2.45) is 0 Å². The van der Waals surface area contributed by atoms with Gasteiger partial charge in [0.05, 0.1) is 6.20 Å². The smallest absolute Gasteiger partial charge is 0.475 e. The Kier molecular flexibility index (Phi) is 7.01. The monoisotopic (exact) mass is 466 g/mol.